The Hall–Kier alpha value is -1.84. The zero-order valence-electron chi connectivity index (χ0n) is 16.3. The molecule has 140 valence electrons. The van der Waals surface area contributed by atoms with Gasteiger partial charge in [0.25, 0.3) is 0 Å². The number of benzene rings is 2. The molecule has 0 fully saturated rings. The fourth-order valence-electron chi connectivity index (χ4n) is 2.89. The van der Waals surface area contributed by atoms with Gasteiger partial charge in [-0.3, -0.25) is 4.79 Å². The molecule has 0 aliphatic rings. The van der Waals surface area contributed by atoms with Crippen LogP contribution in [0.15, 0.2) is 48.5 Å². The van der Waals surface area contributed by atoms with Crippen LogP contribution >= 0.6 is 11.6 Å². The molecular formula is C22H29ClN2O. The molecule has 0 aliphatic carbocycles. The predicted octanol–water partition coefficient (Wildman–Crippen LogP) is 5.56. The zero-order valence-corrected chi connectivity index (χ0v) is 17.0. The molecule has 0 aromatic heterocycles. The van der Waals surface area contributed by atoms with Crippen molar-refractivity contribution in [3.8, 4) is 0 Å². The Morgan fingerprint density at radius 1 is 1.04 bits per heavy atom. The Balaban J connectivity index is 2.02. The van der Waals surface area contributed by atoms with E-state index in [0.717, 1.165) is 0 Å². The summed E-state index contributed by atoms with van der Waals surface area (Å²) in [5.74, 6) is 0.263. The third-order valence-electron chi connectivity index (χ3n) is 4.43. The smallest absolute Gasteiger partial charge is 0.238 e. The number of nitrogens with one attached hydrogen (secondary N) is 2. The van der Waals surface area contributed by atoms with E-state index in [0.29, 0.717) is 16.6 Å². The highest BCUT2D eigenvalue weighted by molar-refractivity contribution is 6.33. The van der Waals surface area contributed by atoms with E-state index in [4.69, 9.17) is 11.6 Å². The summed E-state index contributed by atoms with van der Waals surface area (Å²) < 4.78 is 0. The number of rotatable bonds is 6. The predicted molar refractivity (Wildman–Crippen MR) is 111 cm³/mol. The molecule has 26 heavy (non-hydrogen) atoms. The molecule has 0 radical (unpaired) electrons. The van der Waals surface area contributed by atoms with Crippen molar-refractivity contribution in [1.82, 2.24) is 5.32 Å². The number of hydrogen-bond donors (Lipinski definition) is 2. The fourth-order valence-corrected chi connectivity index (χ4v) is 3.07. The Kier molecular flexibility index (Phi) is 6.85. The summed E-state index contributed by atoms with van der Waals surface area (Å²) in [6, 6.07) is 16.0. The molecule has 2 rings (SSSR count). The quantitative estimate of drug-likeness (QED) is 0.696. The van der Waals surface area contributed by atoms with Gasteiger partial charge in [-0.05, 0) is 34.6 Å². The normalized spacial score (nSPS) is 12.9. The van der Waals surface area contributed by atoms with E-state index in [-0.39, 0.29) is 23.9 Å². The van der Waals surface area contributed by atoms with Crippen LogP contribution in [0.1, 0.15) is 51.8 Å². The summed E-state index contributed by atoms with van der Waals surface area (Å²) in [5, 5.41) is 6.77. The minimum absolute atomic E-state index is 0.102. The third-order valence-corrected chi connectivity index (χ3v) is 4.76. The molecule has 2 aromatic rings. The lowest BCUT2D eigenvalue weighted by molar-refractivity contribution is -0.115. The van der Waals surface area contributed by atoms with Crippen LogP contribution in [-0.2, 0) is 10.2 Å². The summed E-state index contributed by atoms with van der Waals surface area (Å²) in [5.41, 5.74) is 3.27. The van der Waals surface area contributed by atoms with Crippen LogP contribution in [0.25, 0.3) is 0 Å². The molecule has 0 aliphatic heterocycles. The molecule has 0 saturated heterocycles. The second-order valence-corrected chi connectivity index (χ2v) is 8.41. The van der Waals surface area contributed by atoms with Crippen LogP contribution < -0.4 is 10.6 Å². The van der Waals surface area contributed by atoms with Crippen molar-refractivity contribution < 1.29 is 4.79 Å². The van der Waals surface area contributed by atoms with Gasteiger partial charge in [-0.2, -0.15) is 0 Å². The summed E-state index contributed by atoms with van der Waals surface area (Å²) in [6.07, 6.45) is 0. The van der Waals surface area contributed by atoms with Gasteiger partial charge in [-0.15, -0.1) is 0 Å². The lowest BCUT2D eigenvalue weighted by atomic mass is 9.85. The number of carbonyl (C=O) groups excluding carboxylic acids is 1. The molecule has 2 aromatic carbocycles. The van der Waals surface area contributed by atoms with Gasteiger partial charge in [-0.1, -0.05) is 82.6 Å². The molecular weight excluding hydrogens is 344 g/mol. The van der Waals surface area contributed by atoms with E-state index in [1.807, 2.05) is 12.1 Å². The van der Waals surface area contributed by atoms with Gasteiger partial charge in [-0.25, -0.2) is 0 Å². The average molecular weight is 373 g/mol. The molecule has 4 heteroatoms. The first-order valence-electron chi connectivity index (χ1n) is 9.06. The van der Waals surface area contributed by atoms with Crippen LogP contribution in [0.3, 0.4) is 0 Å². The molecule has 0 heterocycles. The molecule has 1 unspecified atom stereocenters. The first-order chi connectivity index (χ1) is 12.2. The van der Waals surface area contributed by atoms with E-state index in [1.54, 1.807) is 12.1 Å². The van der Waals surface area contributed by atoms with Gasteiger partial charge < -0.3 is 10.6 Å². The maximum atomic E-state index is 12.3. The van der Waals surface area contributed by atoms with E-state index in [2.05, 4.69) is 69.5 Å². The molecule has 1 atom stereocenters. The van der Waals surface area contributed by atoms with Gasteiger partial charge in [0.2, 0.25) is 5.91 Å². The maximum absolute atomic E-state index is 12.3. The van der Waals surface area contributed by atoms with Crippen LogP contribution in [-0.4, -0.2) is 12.5 Å². The summed E-state index contributed by atoms with van der Waals surface area (Å²) >= 11 is 6.09. The molecule has 0 spiro atoms. The molecule has 2 N–H and O–H groups in total. The number of anilines is 1. The summed E-state index contributed by atoms with van der Waals surface area (Å²) in [6.45, 7) is 11.2. The highest BCUT2D eigenvalue weighted by Gasteiger charge is 2.19. The van der Waals surface area contributed by atoms with E-state index >= 15 is 0 Å². The number of amides is 1. The van der Waals surface area contributed by atoms with Crippen molar-refractivity contribution in [2.24, 2.45) is 5.92 Å². The monoisotopic (exact) mass is 372 g/mol. The van der Waals surface area contributed by atoms with Crippen molar-refractivity contribution in [1.29, 1.82) is 0 Å². The van der Waals surface area contributed by atoms with E-state index in [9.17, 15) is 4.79 Å². The van der Waals surface area contributed by atoms with Crippen molar-refractivity contribution in [2.75, 3.05) is 11.9 Å². The Labute approximate surface area is 162 Å². The first-order valence-corrected chi connectivity index (χ1v) is 9.44. The second-order valence-electron chi connectivity index (χ2n) is 8.00. The highest BCUT2D eigenvalue weighted by Crippen LogP contribution is 2.27. The Bertz CT molecular complexity index is 733. The van der Waals surface area contributed by atoms with Crippen molar-refractivity contribution >= 4 is 23.2 Å². The zero-order chi connectivity index (χ0) is 19.3. The number of para-hydroxylation sites is 1. The van der Waals surface area contributed by atoms with Crippen LogP contribution in [0.2, 0.25) is 5.02 Å². The average Bonchev–Trinajstić information content (AvgIpc) is 2.56. The van der Waals surface area contributed by atoms with Gasteiger partial charge in [0, 0.05) is 6.04 Å². The van der Waals surface area contributed by atoms with Crippen LogP contribution in [0.5, 0.6) is 0 Å². The lowest BCUT2D eigenvalue weighted by Gasteiger charge is -2.25. The largest absolute Gasteiger partial charge is 0.324 e. The standard InChI is InChI=1S/C22H29ClN2O/c1-15(2)21(16-10-12-17(13-11-16)22(3,4)5)24-14-20(26)25-19-9-7-6-8-18(19)23/h6-13,15,21,24H,14H2,1-5H3,(H,25,26). The van der Waals surface area contributed by atoms with Crippen LogP contribution in [0, 0.1) is 5.92 Å². The second kappa shape index (κ2) is 8.70. The minimum atomic E-state index is -0.102. The minimum Gasteiger partial charge on any atom is -0.324 e. The van der Waals surface area contributed by atoms with Crippen molar-refractivity contribution in [3.05, 3.63) is 64.7 Å². The summed E-state index contributed by atoms with van der Waals surface area (Å²) in [4.78, 5) is 12.3. The van der Waals surface area contributed by atoms with Crippen molar-refractivity contribution in [3.63, 3.8) is 0 Å². The SMILES string of the molecule is CC(C)C(NCC(=O)Nc1ccccc1Cl)c1ccc(C(C)(C)C)cc1. The number of hydrogen-bond acceptors (Lipinski definition) is 2. The summed E-state index contributed by atoms with van der Waals surface area (Å²) in [7, 11) is 0. The van der Waals surface area contributed by atoms with E-state index < -0.39 is 0 Å². The Morgan fingerprint density at radius 2 is 1.65 bits per heavy atom. The molecule has 0 bridgehead atoms. The lowest BCUT2D eigenvalue weighted by Crippen LogP contribution is -2.33. The van der Waals surface area contributed by atoms with Crippen molar-refractivity contribution in [2.45, 2.75) is 46.1 Å². The maximum Gasteiger partial charge on any atom is 0.238 e. The molecule has 1 amide bonds. The molecule has 3 nitrogen and oxygen atoms in total. The first kappa shape index (κ1) is 20.5. The van der Waals surface area contributed by atoms with Gasteiger partial charge in [0.05, 0.1) is 17.3 Å². The highest BCUT2D eigenvalue weighted by atomic mass is 35.5. The number of halogens is 1. The van der Waals surface area contributed by atoms with Gasteiger partial charge in [0.15, 0.2) is 0 Å². The topological polar surface area (TPSA) is 41.1 Å². The number of carbonyl (C=O) groups is 1. The van der Waals surface area contributed by atoms with Gasteiger partial charge in [0.1, 0.15) is 0 Å². The van der Waals surface area contributed by atoms with E-state index in [1.165, 1.54) is 11.1 Å². The third kappa shape index (κ3) is 5.58. The fraction of sp³-hybridized carbons (Fsp3) is 0.409. The van der Waals surface area contributed by atoms with Crippen LogP contribution in [0.4, 0.5) is 5.69 Å². The Morgan fingerprint density at radius 3 is 2.19 bits per heavy atom. The molecule has 0 saturated carbocycles. The van der Waals surface area contributed by atoms with Gasteiger partial charge >= 0.3 is 0 Å².